The Morgan fingerprint density at radius 1 is 1.00 bits per heavy atom. The Morgan fingerprint density at radius 3 is 2.62 bits per heavy atom. The fraction of sp³-hybridized carbons (Fsp3) is 0.286. The predicted octanol–water partition coefficient (Wildman–Crippen LogP) is 2.26. The van der Waals surface area contributed by atoms with E-state index in [1.54, 1.807) is 41.7 Å². The lowest BCUT2D eigenvalue weighted by Gasteiger charge is -2.33. The third-order valence-electron chi connectivity index (χ3n) is 5.53. The summed E-state index contributed by atoms with van der Waals surface area (Å²) in [6.45, 7) is 2.53. The van der Waals surface area contributed by atoms with Gasteiger partial charge in [0.05, 0.1) is 18.2 Å². The molecule has 0 amide bonds. The average Bonchev–Trinajstić information content (AvgIpc) is 3.25. The molecule has 0 atom stereocenters. The van der Waals surface area contributed by atoms with E-state index in [1.165, 1.54) is 0 Å². The fourth-order valence-corrected chi connectivity index (χ4v) is 3.94. The van der Waals surface area contributed by atoms with E-state index >= 15 is 0 Å². The minimum absolute atomic E-state index is 0.0139. The molecule has 0 aromatic carbocycles. The molecular weight excluding hydrogens is 366 g/mol. The van der Waals surface area contributed by atoms with Gasteiger partial charge in [-0.1, -0.05) is 0 Å². The Bertz CT molecular complexity index is 1180. The molecule has 0 unspecified atom stereocenters. The highest BCUT2D eigenvalue weighted by atomic mass is 16.1. The van der Waals surface area contributed by atoms with Crippen molar-refractivity contribution in [3.8, 4) is 11.3 Å². The van der Waals surface area contributed by atoms with Gasteiger partial charge in [0.15, 0.2) is 5.82 Å². The first-order valence-corrected chi connectivity index (χ1v) is 9.78. The summed E-state index contributed by atoms with van der Waals surface area (Å²) in [6.07, 6.45) is 12.5. The molecule has 1 fully saturated rings. The monoisotopic (exact) mass is 387 g/mol. The molecule has 4 aromatic rings. The van der Waals surface area contributed by atoms with Gasteiger partial charge in [0.2, 0.25) is 0 Å². The highest BCUT2D eigenvalue weighted by Gasteiger charge is 2.22. The average molecular weight is 387 g/mol. The Kier molecular flexibility index (Phi) is 4.51. The first-order valence-electron chi connectivity index (χ1n) is 9.78. The molecule has 0 radical (unpaired) electrons. The van der Waals surface area contributed by atoms with Crippen LogP contribution in [0.4, 0.5) is 5.82 Å². The standard InChI is InChI=1S/C21H21N7O/c29-20-13-18(17-1-6-22-7-2-17)24-15-27(20)14-16-4-10-26(11-5-16)21-19-3-8-25-28(19)12-9-23-21/h1-3,6-9,12-13,15-16H,4-5,10-11,14H2. The van der Waals surface area contributed by atoms with Crippen molar-refractivity contribution in [3.63, 3.8) is 0 Å². The Labute approximate surface area is 167 Å². The first-order chi connectivity index (χ1) is 14.3. The second-order valence-corrected chi connectivity index (χ2v) is 7.34. The van der Waals surface area contributed by atoms with Crippen molar-refractivity contribution in [2.24, 2.45) is 5.92 Å². The van der Waals surface area contributed by atoms with Gasteiger partial charge < -0.3 is 4.90 Å². The Balaban J connectivity index is 1.26. The summed E-state index contributed by atoms with van der Waals surface area (Å²) >= 11 is 0. The molecule has 8 heteroatoms. The molecule has 0 spiro atoms. The van der Waals surface area contributed by atoms with Crippen molar-refractivity contribution < 1.29 is 0 Å². The van der Waals surface area contributed by atoms with Gasteiger partial charge in [0.25, 0.3) is 5.56 Å². The van der Waals surface area contributed by atoms with Crippen molar-refractivity contribution in [1.82, 2.24) is 29.1 Å². The smallest absolute Gasteiger partial charge is 0.253 e. The minimum atomic E-state index is -0.0139. The maximum absolute atomic E-state index is 12.6. The van der Waals surface area contributed by atoms with Crippen LogP contribution in [0.3, 0.4) is 0 Å². The van der Waals surface area contributed by atoms with E-state index in [2.05, 4.69) is 25.0 Å². The second-order valence-electron chi connectivity index (χ2n) is 7.34. The molecule has 8 nitrogen and oxygen atoms in total. The highest BCUT2D eigenvalue weighted by Crippen LogP contribution is 2.25. The van der Waals surface area contributed by atoms with Crippen molar-refractivity contribution in [2.45, 2.75) is 19.4 Å². The number of piperidine rings is 1. The summed E-state index contributed by atoms with van der Waals surface area (Å²) in [5.41, 5.74) is 2.60. The van der Waals surface area contributed by atoms with E-state index in [1.807, 2.05) is 28.9 Å². The lowest BCUT2D eigenvalue weighted by atomic mass is 9.96. The summed E-state index contributed by atoms with van der Waals surface area (Å²) < 4.78 is 3.57. The van der Waals surface area contributed by atoms with Crippen LogP contribution in [0.2, 0.25) is 0 Å². The van der Waals surface area contributed by atoms with Gasteiger partial charge in [-0.2, -0.15) is 5.10 Å². The van der Waals surface area contributed by atoms with Gasteiger partial charge in [-0.15, -0.1) is 0 Å². The van der Waals surface area contributed by atoms with Crippen molar-refractivity contribution in [2.75, 3.05) is 18.0 Å². The van der Waals surface area contributed by atoms with Crippen molar-refractivity contribution >= 4 is 11.3 Å². The molecule has 5 heterocycles. The van der Waals surface area contributed by atoms with Crippen LogP contribution in [0.5, 0.6) is 0 Å². The maximum atomic E-state index is 12.6. The number of pyridine rings is 1. The Hall–Kier alpha value is -3.55. The second kappa shape index (κ2) is 7.46. The number of rotatable bonds is 4. The normalized spacial score (nSPS) is 15.1. The largest absolute Gasteiger partial charge is 0.355 e. The third-order valence-corrected chi connectivity index (χ3v) is 5.53. The van der Waals surface area contributed by atoms with Crippen LogP contribution in [0.25, 0.3) is 16.8 Å². The van der Waals surface area contributed by atoms with Gasteiger partial charge in [0.1, 0.15) is 5.52 Å². The SMILES string of the molecule is O=c1cc(-c2ccncc2)ncn1CC1CCN(c2nccn3nccc23)CC1. The highest BCUT2D eigenvalue weighted by molar-refractivity contribution is 5.68. The molecule has 1 aliphatic rings. The summed E-state index contributed by atoms with van der Waals surface area (Å²) in [5.74, 6) is 1.42. The number of hydrogen-bond donors (Lipinski definition) is 0. The van der Waals surface area contributed by atoms with Gasteiger partial charge in [0, 0.05) is 56.1 Å². The molecule has 4 aromatic heterocycles. The van der Waals surface area contributed by atoms with Crippen molar-refractivity contribution in [1.29, 1.82) is 0 Å². The number of aromatic nitrogens is 6. The quantitative estimate of drug-likeness (QED) is 0.534. The Morgan fingerprint density at radius 2 is 1.83 bits per heavy atom. The summed E-state index contributed by atoms with van der Waals surface area (Å²) in [6, 6.07) is 7.31. The molecule has 0 N–H and O–H groups in total. The molecule has 5 rings (SSSR count). The molecule has 29 heavy (non-hydrogen) atoms. The van der Waals surface area contributed by atoms with Crippen LogP contribution in [0.1, 0.15) is 12.8 Å². The number of nitrogens with zero attached hydrogens (tertiary/aromatic N) is 7. The van der Waals surface area contributed by atoms with E-state index < -0.39 is 0 Å². The molecule has 1 saturated heterocycles. The lowest BCUT2D eigenvalue weighted by Crippen LogP contribution is -2.37. The van der Waals surface area contributed by atoms with Gasteiger partial charge in [-0.05, 0) is 37.0 Å². The first kappa shape index (κ1) is 17.5. The molecule has 0 aliphatic carbocycles. The number of anilines is 1. The molecule has 0 saturated carbocycles. The van der Waals surface area contributed by atoms with E-state index in [-0.39, 0.29) is 5.56 Å². The van der Waals surface area contributed by atoms with Gasteiger partial charge in [-0.3, -0.25) is 14.3 Å². The summed E-state index contributed by atoms with van der Waals surface area (Å²) in [4.78, 5) is 27.9. The summed E-state index contributed by atoms with van der Waals surface area (Å²) in [5, 5.41) is 4.29. The molecule has 146 valence electrons. The van der Waals surface area contributed by atoms with Crippen LogP contribution >= 0.6 is 0 Å². The number of fused-ring (bicyclic) bond motifs is 1. The van der Waals surface area contributed by atoms with E-state index in [0.717, 1.165) is 42.8 Å². The van der Waals surface area contributed by atoms with Gasteiger partial charge >= 0.3 is 0 Å². The van der Waals surface area contributed by atoms with E-state index in [9.17, 15) is 4.79 Å². The predicted molar refractivity (Wildman–Crippen MR) is 110 cm³/mol. The van der Waals surface area contributed by atoms with Crippen LogP contribution in [0, 0.1) is 5.92 Å². The third kappa shape index (κ3) is 3.49. The molecular formula is C21H21N7O. The van der Waals surface area contributed by atoms with Gasteiger partial charge in [-0.25, -0.2) is 14.5 Å². The van der Waals surface area contributed by atoms with Crippen LogP contribution in [0.15, 0.2) is 66.4 Å². The topological polar surface area (TPSA) is 81.2 Å². The minimum Gasteiger partial charge on any atom is -0.355 e. The zero-order valence-electron chi connectivity index (χ0n) is 15.9. The van der Waals surface area contributed by atoms with Crippen LogP contribution in [-0.2, 0) is 6.54 Å². The molecule has 0 bridgehead atoms. The zero-order chi connectivity index (χ0) is 19.6. The van der Waals surface area contributed by atoms with Crippen LogP contribution in [-0.4, -0.2) is 42.2 Å². The van der Waals surface area contributed by atoms with Crippen LogP contribution < -0.4 is 10.5 Å². The molecule has 1 aliphatic heterocycles. The van der Waals surface area contributed by atoms with E-state index in [0.29, 0.717) is 18.2 Å². The van der Waals surface area contributed by atoms with E-state index in [4.69, 9.17) is 0 Å². The van der Waals surface area contributed by atoms with Crippen molar-refractivity contribution in [3.05, 3.63) is 71.9 Å². The lowest BCUT2D eigenvalue weighted by molar-refractivity contribution is 0.350. The zero-order valence-corrected chi connectivity index (χ0v) is 15.9. The summed E-state index contributed by atoms with van der Waals surface area (Å²) in [7, 11) is 0. The maximum Gasteiger partial charge on any atom is 0.253 e. The fourth-order valence-electron chi connectivity index (χ4n) is 3.94. The number of hydrogen-bond acceptors (Lipinski definition) is 6.